The highest BCUT2D eigenvalue weighted by atomic mass is 16.4. The van der Waals surface area contributed by atoms with Crippen LogP contribution in [0.15, 0.2) is 4.42 Å². The molecule has 0 aliphatic heterocycles. The monoisotopic (exact) mass is 254 g/mol. The number of hydrogen-bond acceptors (Lipinski definition) is 5. The summed E-state index contributed by atoms with van der Waals surface area (Å²) in [5.41, 5.74) is 0.241. The largest absolute Gasteiger partial charge is 0.407 e. The van der Waals surface area contributed by atoms with E-state index in [9.17, 15) is 0 Å². The maximum Gasteiger partial charge on any atom is 0.315 e. The minimum absolute atomic E-state index is 0.241. The SMILES string of the molecule is CCC(C)(C)CNc1nnc(CNCC(C)C)o1. The fraction of sp³-hybridized carbons (Fsp3) is 0.846. The summed E-state index contributed by atoms with van der Waals surface area (Å²) in [7, 11) is 0. The lowest BCUT2D eigenvalue weighted by Crippen LogP contribution is -2.22. The van der Waals surface area contributed by atoms with Crippen molar-refractivity contribution in [3.05, 3.63) is 5.89 Å². The molecule has 0 spiro atoms. The van der Waals surface area contributed by atoms with Crippen molar-refractivity contribution < 1.29 is 4.42 Å². The summed E-state index contributed by atoms with van der Waals surface area (Å²) in [5, 5.41) is 14.4. The predicted octanol–water partition coefficient (Wildman–Crippen LogP) is 2.66. The predicted molar refractivity (Wildman–Crippen MR) is 73.4 cm³/mol. The minimum Gasteiger partial charge on any atom is -0.407 e. The summed E-state index contributed by atoms with van der Waals surface area (Å²) in [6, 6.07) is 0.512. The fourth-order valence-corrected chi connectivity index (χ4v) is 1.30. The van der Waals surface area contributed by atoms with Gasteiger partial charge in [0, 0.05) is 6.54 Å². The Labute approximate surface area is 110 Å². The second-order valence-electron chi connectivity index (χ2n) is 5.90. The summed E-state index contributed by atoms with van der Waals surface area (Å²) in [5.74, 6) is 1.25. The summed E-state index contributed by atoms with van der Waals surface area (Å²) < 4.78 is 5.51. The Hall–Kier alpha value is -1.10. The molecule has 2 N–H and O–H groups in total. The van der Waals surface area contributed by atoms with Gasteiger partial charge in [0.1, 0.15) is 0 Å². The van der Waals surface area contributed by atoms with E-state index in [1.165, 1.54) is 0 Å². The molecule has 5 heteroatoms. The lowest BCUT2D eigenvalue weighted by Gasteiger charge is -2.21. The Morgan fingerprint density at radius 3 is 2.61 bits per heavy atom. The van der Waals surface area contributed by atoms with E-state index in [-0.39, 0.29) is 5.41 Å². The number of aromatic nitrogens is 2. The minimum atomic E-state index is 0.241. The van der Waals surface area contributed by atoms with E-state index < -0.39 is 0 Å². The second kappa shape index (κ2) is 6.73. The van der Waals surface area contributed by atoms with Crippen molar-refractivity contribution in [1.82, 2.24) is 15.5 Å². The zero-order valence-corrected chi connectivity index (χ0v) is 12.2. The lowest BCUT2D eigenvalue weighted by molar-refractivity contribution is 0.370. The normalized spacial score (nSPS) is 12.1. The van der Waals surface area contributed by atoms with Gasteiger partial charge in [0.15, 0.2) is 0 Å². The van der Waals surface area contributed by atoms with Crippen LogP contribution in [0.3, 0.4) is 0 Å². The molecule has 0 bridgehead atoms. The van der Waals surface area contributed by atoms with Crippen molar-refractivity contribution in [1.29, 1.82) is 0 Å². The van der Waals surface area contributed by atoms with Gasteiger partial charge in [-0.05, 0) is 24.3 Å². The van der Waals surface area contributed by atoms with Gasteiger partial charge in [-0.25, -0.2) is 0 Å². The Bertz CT molecular complexity index is 347. The standard InChI is InChI=1S/C13H26N4O/c1-6-13(4,5)9-15-12-17-16-11(18-12)8-14-7-10(2)3/h10,14H,6-9H2,1-5H3,(H,15,17). The van der Waals surface area contributed by atoms with Crippen molar-refractivity contribution in [2.24, 2.45) is 11.3 Å². The Morgan fingerprint density at radius 1 is 1.28 bits per heavy atom. The summed E-state index contributed by atoms with van der Waals surface area (Å²) in [6.45, 7) is 13.4. The molecule has 5 nitrogen and oxygen atoms in total. The molecule has 1 heterocycles. The van der Waals surface area contributed by atoms with Crippen LogP contribution in [-0.2, 0) is 6.54 Å². The molecule has 0 aliphatic carbocycles. The van der Waals surface area contributed by atoms with Crippen LogP contribution in [0.25, 0.3) is 0 Å². The maximum atomic E-state index is 5.51. The van der Waals surface area contributed by atoms with Gasteiger partial charge < -0.3 is 15.1 Å². The van der Waals surface area contributed by atoms with Crippen LogP contribution in [0.5, 0.6) is 0 Å². The van der Waals surface area contributed by atoms with E-state index in [0.717, 1.165) is 19.5 Å². The van der Waals surface area contributed by atoms with E-state index in [0.29, 0.717) is 24.4 Å². The van der Waals surface area contributed by atoms with Gasteiger partial charge in [0.25, 0.3) is 0 Å². The summed E-state index contributed by atoms with van der Waals surface area (Å²) in [4.78, 5) is 0. The maximum absolute atomic E-state index is 5.51. The molecule has 0 radical (unpaired) electrons. The zero-order chi connectivity index (χ0) is 13.6. The first-order valence-corrected chi connectivity index (χ1v) is 6.70. The van der Waals surface area contributed by atoms with E-state index >= 15 is 0 Å². The van der Waals surface area contributed by atoms with Crippen molar-refractivity contribution in [2.45, 2.75) is 47.6 Å². The molecule has 1 aromatic heterocycles. The molecule has 0 atom stereocenters. The lowest BCUT2D eigenvalue weighted by atomic mass is 9.90. The van der Waals surface area contributed by atoms with Crippen LogP contribution < -0.4 is 10.6 Å². The van der Waals surface area contributed by atoms with Crippen molar-refractivity contribution >= 4 is 6.01 Å². The highest BCUT2D eigenvalue weighted by Crippen LogP contribution is 2.20. The molecule has 104 valence electrons. The molecule has 0 aromatic carbocycles. The Balaban J connectivity index is 2.34. The summed E-state index contributed by atoms with van der Waals surface area (Å²) in [6.07, 6.45) is 1.11. The van der Waals surface area contributed by atoms with Crippen LogP contribution in [0.1, 0.15) is 46.9 Å². The highest BCUT2D eigenvalue weighted by Gasteiger charge is 2.16. The third kappa shape index (κ3) is 5.49. The molecule has 1 aromatic rings. The molecule has 0 aliphatic rings. The summed E-state index contributed by atoms with van der Waals surface area (Å²) >= 11 is 0. The van der Waals surface area contributed by atoms with E-state index in [4.69, 9.17) is 4.42 Å². The van der Waals surface area contributed by atoms with Gasteiger partial charge in [-0.3, -0.25) is 0 Å². The molecule has 1 rings (SSSR count). The fourth-order valence-electron chi connectivity index (χ4n) is 1.30. The number of nitrogens with zero attached hydrogens (tertiary/aromatic N) is 2. The molecule has 0 amide bonds. The molecule has 0 fully saturated rings. The van der Waals surface area contributed by atoms with Crippen molar-refractivity contribution in [2.75, 3.05) is 18.4 Å². The van der Waals surface area contributed by atoms with Gasteiger partial charge in [-0.1, -0.05) is 39.7 Å². The van der Waals surface area contributed by atoms with Crippen molar-refractivity contribution in [3.63, 3.8) is 0 Å². The van der Waals surface area contributed by atoms with Crippen LogP contribution in [0.4, 0.5) is 6.01 Å². The van der Waals surface area contributed by atoms with Crippen LogP contribution in [0, 0.1) is 11.3 Å². The van der Waals surface area contributed by atoms with E-state index in [1.54, 1.807) is 0 Å². The van der Waals surface area contributed by atoms with E-state index in [1.807, 2.05) is 0 Å². The Morgan fingerprint density at radius 2 is 2.00 bits per heavy atom. The van der Waals surface area contributed by atoms with Crippen molar-refractivity contribution in [3.8, 4) is 0 Å². The number of anilines is 1. The molecule has 0 saturated carbocycles. The molecule has 18 heavy (non-hydrogen) atoms. The molecule has 0 unspecified atom stereocenters. The van der Waals surface area contributed by atoms with Gasteiger partial charge in [-0.2, -0.15) is 0 Å². The molecular formula is C13H26N4O. The number of rotatable bonds is 8. The number of nitrogens with one attached hydrogen (secondary N) is 2. The molecule has 0 saturated heterocycles. The van der Waals surface area contributed by atoms with Crippen LogP contribution >= 0.6 is 0 Å². The number of hydrogen-bond donors (Lipinski definition) is 2. The Kier molecular flexibility index (Phi) is 5.59. The van der Waals surface area contributed by atoms with Gasteiger partial charge in [0.05, 0.1) is 6.54 Å². The second-order valence-corrected chi connectivity index (χ2v) is 5.90. The zero-order valence-electron chi connectivity index (χ0n) is 12.2. The third-order valence-corrected chi connectivity index (χ3v) is 2.97. The van der Waals surface area contributed by atoms with Gasteiger partial charge in [0.2, 0.25) is 5.89 Å². The van der Waals surface area contributed by atoms with Gasteiger partial charge in [-0.15, -0.1) is 5.10 Å². The topological polar surface area (TPSA) is 63.0 Å². The quantitative estimate of drug-likeness (QED) is 0.746. The average Bonchev–Trinajstić information content (AvgIpc) is 2.74. The smallest absolute Gasteiger partial charge is 0.315 e. The first-order chi connectivity index (χ1) is 8.43. The highest BCUT2D eigenvalue weighted by molar-refractivity contribution is 5.17. The molecular weight excluding hydrogens is 228 g/mol. The van der Waals surface area contributed by atoms with Gasteiger partial charge >= 0.3 is 6.01 Å². The third-order valence-electron chi connectivity index (χ3n) is 2.97. The first-order valence-electron chi connectivity index (χ1n) is 6.70. The first kappa shape index (κ1) is 15.0. The van der Waals surface area contributed by atoms with E-state index in [2.05, 4.69) is 55.4 Å². The van der Waals surface area contributed by atoms with Crippen LogP contribution in [0.2, 0.25) is 0 Å². The van der Waals surface area contributed by atoms with Crippen LogP contribution in [-0.4, -0.2) is 23.3 Å². The average molecular weight is 254 g/mol.